The zero-order valence-corrected chi connectivity index (χ0v) is 19.3. The Kier molecular flexibility index (Phi) is 10.4. The lowest BCUT2D eigenvalue weighted by molar-refractivity contribution is -0.174. The highest BCUT2D eigenvalue weighted by Gasteiger charge is 2.27. The second-order valence-corrected chi connectivity index (χ2v) is 8.42. The molecule has 0 aliphatic rings. The maximum atomic E-state index is 12.7. The lowest BCUT2D eigenvalue weighted by atomic mass is 9.98. The van der Waals surface area contributed by atoms with Gasteiger partial charge in [-0.15, -0.1) is 6.42 Å². The lowest BCUT2D eigenvalue weighted by Crippen LogP contribution is -2.44. The van der Waals surface area contributed by atoms with E-state index in [2.05, 4.69) is 16.2 Å². The van der Waals surface area contributed by atoms with E-state index in [1.54, 1.807) is 33.0 Å². The van der Waals surface area contributed by atoms with Crippen LogP contribution in [0, 0.1) is 24.7 Å². The third-order valence-electron chi connectivity index (χ3n) is 4.68. The summed E-state index contributed by atoms with van der Waals surface area (Å²) in [7, 11) is 0. The second kappa shape index (κ2) is 12.5. The van der Waals surface area contributed by atoms with Crippen molar-refractivity contribution >= 4 is 29.9 Å². The maximum absolute atomic E-state index is 12.7. The number of hydrogen-bond donors (Lipinski definition) is 4. The minimum atomic E-state index is -1.23. The Morgan fingerprint density at radius 3 is 2.55 bits per heavy atom. The lowest BCUT2D eigenvalue weighted by Gasteiger charge is -2.20. The van der Waals surface area contributed by atoms with E-state index < -0.39 is 48.1 Å². The standard InChI is InChI=1S/C23H31N3O7/c1-6-7-8-17-14(2)15(12-25-17)11-18(26-19(27)10-9-16(24)20(28)29)21(30)32-13-33-22(31)23(3,4)5/h1,7-8,12,16,18,25H,9-11,13,24H2,2-5H3,(H,26,27)(H,28,29). The van der Waals surface area contributed by atoms with Gasteiger partial charge in [0.1, 0.15) is 12.1 Å². The van der Waals surface area contributed by atoms with E-state index >= 15 is 0 Å². The summed E-state index contributed by atoms with van der Waals surface area (Å²) in [5, 5.41) is 11.4. The first-order chi connectivity index (χ1) is 15.4. The van der Waals surface area contributed by atoms with Crippen LogP contribution in [0.5, 0.6) is 0 Å². The number of esters is 2. The molecular weight excluding hydrogens is 430 g/mol. The number of nitrogens with two attached hydrogens (primary N) is 1. The van der Waals surface area contributed by atoms with Crippen molar-refractivity contribution in [3.05, 3.63) is 29.1 Å². The average molecular weight is 462 g/mol. The molecule has 0 aliphatic carbocycles. The zero-order chi connectivity index (χ0) is 25.2. The molecule has 180 valence electrons. The quantitative estimate of drug-likeness (QED) is 0.218. The molecule has 1 rings (SSSR count). The Balaban J connectivity index is 2.91. The van der Waals surface area contributed by atoms with Crippen LogP contribution in [-0.2, 0) is 35.1 Å². The largest absolute Gasteiger partial charge is 0.480 e. The van der Waals surface area contributed by atoms with Crippen molar-refractivity contribution in [3.8, 4) is 12.3 Å². The van der Waals surface area contributed by atoms with Crippen LogP contribution in [-0.4, -0.2) is 52.8 Å². The SMILES string of the molecule is C#CC=Cc1[nH]cc(CC(NC(=O)CCC(N)C(=O)O)C(=O)OCOC(=O)C(C)(C)C)c1C. The number of carboxylic acid groups (broad SMARTS) is 1. The minimum Gasteiger partial charge on any atom is -0.480 e. The van der Waals surface area contributed by atoms with E-state index in [1.807, 2.05) is 6.92 Å². The predicted octanol–water partition coefficient (Wildman–Crippen LogP) is 1.28. The number of aromatic nitrogens is 1. The van der Waals surface area contributed by atoms with Crippen molar-refractivity contribution in [2.75, 3.05) is 6.79 Å². The summed E-state index contributed by atoms with van der Waals surface area (Å²) < 4.78 is 10.0. The number of H-pyrrole nitrogens is 1. The van der Waals surface area contributed by atoms with E-state index in [0.29, 0.717) is 0 Å². The molecule has 33 heavy (non-hydrogen) atoms. The van der Waals surface area contributed by atoms with E-state index in [1.165, 1.54) is 6.08 Å². The van der Waals surface area contributed by atoms with Gasteiger partial charge in [-0.25, -0.2) is 4.79 Å². The molecule has 0 aromatic carbocycles. The number of hydrogen-bond acceptors (Lipinski definition) is 7. The van der Waals surface area contributed by atoms with E-state index in [-0.39, 0.29) is 19.3 Å². The number of carbonyl (C=O) groups is 4. The summed E-state index contributed by atoms with van der Waals surface area (Å²) in [5.74, 6) is -0.771. The van der Waals surface area contributed by atoms with Gasteiger partial charge in [-0.05, 0) is 57.4 Å². The van der Waals surface area contributed by atoms with Gasteiger partial charge in [0.2, 0.25) is 12.7 Å². The number of ether oxygens (including phenoxy) is 2. The van der Waals surface area contributed by atoms with Crippen LogP contribution in [0.3, 0.4) is 0 Å². The molecule has 0 aliphatic heterocycles. The second-order valence-electron chi connectivity index (χ2n) is 8.42. The van der Waals surface area contributed by atoms with Crippen molar-refractivity contribution in [2.24, 2.45) is 11.1 Å². The van der Waals surface area contributed by atoms with Gasteiger partial charge in [0.05, 0.1) is 5.41 Å². The van der Waals surface area contributed by atoms with Gasteiger partial charge < -0.3 is 30.6 Å². The van der Waals surface area contributed by atoms with Crippen molar-refractivity contribution in [1.82, 2.24) is 10.3 Å². The van der Waals surface area contributed by atoms with E-state index in [4.69, 9.17) is 26.7 Å². The molecule has 0 bridgehead atoms. The van der Waals surface area contributed by atoms with Gasteiger partial charge in [0, 0.05) is 24.7 Å². The van der Waals surface area contributed by atoms with Gasteiger partial charge in [-0.2, -0.15) is 0 Å². The molecule has 10 nitrogen and oxygen atoms in total. The molecule has 2 unspecified atom stereocenters. The molecule has 1 aromatic heterocycles. The molecule has 1 aromatic rings. The fourth-order valence-corrected chi connectivity index (χ4v) is 2.62. The topological polar surface area (TPSA) is 161 Å². The molecule has 2 atom stereocenters. The van der Waals surface area contributed by atoms with Crippen LogP contribution < -0.4 is 11.1 Å². The summed E-state index contributed by atoms with van der Waals surface area (Å²) >= 11 is 0. The van der Waals surface area contributed by atoms with Crippen molar-refractivity contribution < 1.29 is 33.8 Å². The zero-order valence-electron chi connectivity index (χ0n) is 19.3. The Morgan fingerprint density at radius 1 is 1.30 bits per heavy atom. The average Bonchev–Trinajstić information content (AvgIpc) is 3.08. The normalized spacial score (nSPS) is 13.1. The number of rotatable bonds is 11. The monoisotopic (exact) mass is 461 g/mol. The molecular formula is C23H31N3O7. The van der Waals surface area contributed by atoms with Gasteiger partial charge in [0.25, 0.3) is 0 Å². The first kappa shape index (κ1) is 27.5. The molecule has 1 heterocycles. The van der Waals surface area contributed by atoms with Gasteiger partial charge in [-0.1, -0.05) is 5.92 Å². The Labute approximate surface area is 192 Å². The molecule has 0 radical (unpaired) electrons. The van der Waals surface area contributed by atoms with Gasteiger partial charge in [-0.3, -0.25) is 14.4 Å². The van der Waals surface area contributed by atoms with E-state index in [0.717, 1.165) is 16.8 Å². The van der Waals surface area contributed by atoms with Crippen LogP contribution in [0.2, 0.25) is 0 Å². The number of carboxylic acids is 1. The molecule has 0 spiro atoms. The van der Waals surface area contributed by atoms with Crippen molar-refractivity contribution in [3.63, 3.8) is 0 Å². The first-order valence-electron chi connectivity index (χ1n) is 10.3. The van der Waals surface area contributed by atoms with Crippen LogP contribution >= 0.6 is 0 Å². The molecule has 1 amide bonds. The summed E-state index contributed by atoms with van der Waals surface area (Å²) in [6.07, 6.45) is 9.91. The molecule has 5 N–H and O–H groups in total. The fraction of sp³-hybridized carbons (Fsp3) is 0.478. The van der Waals surface area contributed by atoms with Crippen molar-refractivity contribution in [1.29, 1.82) is 0 Å². The highest BCUT2D eigenvalue weighted by Crippen LogP contribution is 2.18. The number of nitrogens with one attached hydrogen (secondary N) is 2. The number of terminal acetylenes is 1. The third-order valence-corrected chi connectivity index (χ3v) is 4.68. The van der Waals surface area contributed by atoms with Gasteiger partial charge >= 0.3 is 17.9 Å². The fourth-order valence-electron chi connectivity index (χ4n) is 2.62. The molecule has 10 heteroatoms. The van der Waals surface area contributed by atoms with Gasteiger partial charge in [0.15, 0.2) is 0 Å². The summed E-state index contributed by atoms with van der Waals surface area (Å²) in [6, 6.07) is -2.30. The third kappa shape index (κ3) is 9.21. The Morgan fingerprint density at radius 2 is 1.97 bits per heavy atom. The molecule has 0 saturated heterocycles. The van der Waals surface area contributed by atoms with Crippen LogP contribution in [0.4, 0.5) is 0 Å². The van der Waals surface area contributed by atoms with Crippen LogP contribution in [0.1, 0.15) is 50.4 Å². The summed E-state index contributed by atoms with van der Waals surface area (Å²) in [4.78, 5) is 50.7. The molecule has 0 saturated carbocycles. The number of amides is 1. The highest BCUT2D eigenvalue weighted by atomic mass is 16.7. The summed E-state index contributed by atoms with van der Waals surface area (Å²) in [5.41, 5.74) is 6.94. The molecule has 0 fully saturated rings. The van der Waals surface area contributed by atoms with Crippen molar-refractivity contribution in [2.45, 2.75) is 59.0 Å². The minimum absolute atomic E-state index is 0.0784. The Hall–Kier alpha value is -3.58. The number of aliphatic carboxylic acids is 1. The van der Waals surface area contributed by atoms with Crippen LogP contribution in [0.25, 0.3) is 6.08 Å². The van der Waals surface area contributed by atoms with Crippen LogP contribution in [0.15, 0.2) is 12.3 Å². The predicted molar refractivity (Wildman–Crippen MR) is 120 cm³/mol. The first-order valence-corrected chi connectivity index (χ1v) is 10.3. The van der Waals surface area contributed by atoms with E-state index in [9.17, 15) is 19.2 Å². The Bertz CT molecular complexity index is 935. The number of aromatic amines is 1. The highest BCUT2D eigenvalue weighted by molar-refractivity contribution is 5.85. The number of allylic oxidation sites excluding steroid dienone is 1. The maximum Gasteiger partial charge on any atom is 0.331 e. The summed E-state index contributed by atoms with van der Waals surface area (Å²) in [6.45, 7) is 6.19. The number of carbonyl (C=O) groups excluding carboxylic acids is 3. The smallest absolute Gasteiger partial charge is 0.331 e.